The smallest absolute Gasteiger partial charge is 0.262 e. The normalized spacial score (nSPS) is 14.3. The van der Waals surface area contributed by atoms with E-state index in [4.69, 9.17) is 27.9 Å². The molecular weight excluding hydrogens is 447 g/mol. The van der Waals surface area contributed by atoms with Crippen molar-refractivity contribution in [2.24, 2.45) is 5.92 Å². The van der Waals surface area contributed by atoms with Crippen molar-refractivity contribution in [2.45, 2.75) is 19.8 Å². The van der Waals surface area contributed by atoms with E-state index in [0.717, 1.165) is 36.1 Å². The highest BCUT2D eigenvalue weighted by Gasteiger charge is 2.17. The van der Waals surface area contributed by atoms with Crippen molar-refractivity contribution in [3.05, 3.63) is 64.6 Å². The molecule has 1 aromatic heterocycles. The van der Waals surface area contributed by atoms with E-state index in [-0.39, 0.29) is 12.5 Å². The Kier molecular flexibility index (Phi) is 7.12. The Morgan fingerprint density at radius 2 is 1.81 bits per heavy atom. The van der Waals surface area contributed by atoms with Crippen LogP contribution in [0.3, 0.4) is 0 Å². The van der Waals surface area contributed by atoms with Gasteiger partial charge in [0.05, 0.1) is 10.7 Å². The average Bonchev–Trinajstić information content (AvgIpc) is 2.80. The molecule has 3 aromatic rings. The minimum atomic E-state index is -0.288. The van der Waals surface area contributed by atoms with E-state index in [0.29, 0.717) is 21.5 Å². The maximum absolute atomic E-state index is 12.2. The molecule has 1 amide bonds. The van der Waals surface area contributed by atoms with Crippen LogP contribution in [0.2, 0.25) is 10.0 Å². The second-order valence-electron chi connectivity index (χ2n) is 7.94. The number of nitrogens with one attached hydrogen (secondary N) is 1. The summed E-state index contributed by atoms with van der Waals surface area (Å²) in [6, 6.07) is 16.3. The summed E-state index contributed by atoms with van der Waals surface area (Å²) in [6.07, 6.45) is 2.38. The van der Waals surface area contributed by atoms with Crippen molar-refractivity contribution in [3.8, 4) is 17.0 Å². The van der Waals surface area contributed by atoms with Crippen LogP contribution in [0.4, 0.5) is 11.5 Å². The standard InChI is InChI=1S/C24H24Cl2N4O2/c1-16-10-12-30(13-11-16)23-9-7-21(28-29-23)17-2-5-19(6-3-17)27-24(31)15-32-22-8-4-18(25)14-20(22)26/h2-9,14,16H,10-13,15H2,1H3,(H,27,31). The lowest BCUT2D eigenvalue weighted by molar-refractivity contribution is -0.118. The third-order valence-corrected chi connectivity index (χ3v) is 6.01. The van der Waals surface area contributed by atoms with Gasteiger partial charge in [-0.1, -0.05) is 42.3 Å². The molecule has 1 saturated heterocycles. The molecule has 0 radical (unpaired) electrons. The van der Waals surface area contributed by atoms with Gasteiger partial charge in [-0.25, -0.2) is 0 Å². The molecule has 6 nitrogen and oxygen atoms in total. The lowest BCUT2D eigenvalue weighted by Gasteiger charge is -2.30. The van der Waals surface area contributed by atoms with Crippen LogP contribution >= 0.6 is 23.2 Å². The monoisotopic (exact) mass is 470 g/mol. The second-order valence-corrected chi connectivity index (χ2v) is 8.78. The highest BCUT2D eigenvalue weighted by atomic mass is 35.5. The fourth-order valence-corrected chi connectivity index (χ4v) is 4.01. The first-order chi connectivity index (χ1) is 15.5. The third-order valence-electron chi connectivity index (χ3n) is 5.48. The van der Waals surface area contributed by atoms with Gasteiger partial charge >= 0.3 is 0 Å². The lowest BCUT2D eigenvalue weighted by atomic mass is 9.99. The fraction of sp³-hybridized carbons (Fsp3) is 0.292. The minimum Gasteiger partial charge on any atom is -0.482 e. The molecule has 4 rings (SSSR count). The highest BCUT2D eigenvalue weighted by Crippen LogP contribution is 2.27. The molecule has 1 fully saturated rings. The minimum absolute atomic E-state index is 0.161. The highest BCUT2D eigenvalue weighted by molar-refractivity contribution is 6.35. The summed E-state index contributed by atoms with van der Waals surface area (Å²) in [5.41, 5.74) is 2.38. The predicted molar refractivity (Wildman–Crippen MR) is 129 cm³/mol. The Hall–Kier alpha value is -2.83. The van der Waals surface area contributed by atoms with Crippen LogP contribution in [-0.4, -0.2) is 35.8 Å². The number of anilines is 2. The van der Waals surface area contributed by atoms with Gasteiger partial charge in [-0.3, -0.25) is 4.79 Å². The van der Waals surface area contributed by atoms with Gasteiger partial charge in [-0.15, -0.1) is 10.2 Å². The summed E-state index contributed by atoms with van der Waals surface area (Å²) in [5, 5.41) is 12.5. The van der Waals surface area contributed by atoms with E-state index >= 15 is 0 Å². The summed E-state index contributed by atoms with van der Waals surface area (Å²) < 4.78 is 5.46. The molecular formula is C24H24Cl2N4O2. The zero-order valence-corrected chi connectivity index (χ0v) is 19.2. The maximum Gasteiger partial charge on any atom is 0.262 e. The van der Waals surface area contributed by atoms with Crippen LogP contribution in [-0.2, 0) is 4.79 Å². The Bertz CT molecular complexity index is 1070. The topological polar surface area (TPSA) is 67.4 Å². The number of ether oxygens (including phenoxy) is 1. The number of carbonyl (C=O) groups is 1. The predicted octanol–water partition coefficient (Wildman–Crippen LogP) is 5.70. The van der Waals surface area contributed by atoms with Gasteiger partial charge < -0.3 is 15.0 Å². The van der Waals surface area contributed by atoms with Crippen molar-refractivity contribution in [1.29, 1.82) is 0 Å². The molecule has 0 spiro atoms. The number of nitrogens with zero attached hydrogens (tertiary/aromatic N) is 3. The largest absolute Gasteiger partial charge is 0.482 e. The number of aromatic nitrogens is 2. The first-order valence-corrected chi connectivity index (χ1v) is 11.3. The summed E-state index contributed by atoms with van der Waals surface area (Å²) in [4.78, 5) is 14.5. The number of rotatable bonds is 6. The summed E-state index contributed by atoms with van der Waals surface area (Å²) >= 11 is 11.9. The molecule has 0 atom stereocenters. The van der Waals surface area contributed by atoms with Crippen LogP contribution in [0, 0.1) is 5.92 Å². The molecule has 0 aliphatic carbocycles. The number of carbonyl (C=O) groups excluding carboxylic acids is 1. The molecule has 166 valence electrons. The van der Waals surface area contributed by atoms with Gasteiger partial charge in [0, 0.05) is 29.4 Å². The Balaban J connectivity index is 1.32. The number of hydrogen-bond acceptors (Lipinski definition) is 5. The maximum atomic E-state index is 12.2. The molecule has 0 bridgehead atoms. The van der Waals surface area contributed by atoms with Crippen LogP contribution in [0.5, 0.6) is 5.75 Å². The van der Waals surface area contributed by atoms with E-state index in [1.165, 1.54) is 12.8 Å². The number of hydrogen-bond donors (Lipinski definition) is 1. The van der Waals surface area contributed by atoms with E-state index in [9.17, 15) is 4.79 Å². The van der Waals surface area contributed by atoms with Gasteiger partial charge in [0.1, 0.15) is 5.75 Å². The summed E-state index contributed by atoms with van der Waals surface area (Å²) in [6.45, 7) is 4.18. The average molecular weight is 471 g/mol. The summed E-state index contributed by atoms with van der Waals surface area (Å²) in [7, 11) is 0. The van der Waals surface area contributed by atoms with Gasteiger partial charge in [0.25, 0.3) is 5.91 Å². The Morgan fingerprint density at radius 1 is 1.06 bits per heavy atom. The van der Waals surface area contributed by atoms with Crippen molar-refractivity contribution in [1.82, 2.24) is 10.2 Å². The van der Waals surface area contributed by atoms with E-state index < -0.39 is 0 Å². The lowest BCUT2D eigenvalue weighted by Crippen LogP contribution is -2.33. The van der Waals surface area contributed by atoms with Crippen molar-refractivity contribution in [3.63, 3.8) is 0 Å². The van der Waals surface area contributed by atoms with E-state index in [1.807, 2.05) is 36.4 Å². The van der Waals surface area contributed by atoms with Gasteiger partial charge in [-0.05, 0) is 61.2 Å². The number of amides is 1. The SMILES string of the molecule is CC1CCN(c2ccc(-c3ccc(NC(=O)COc4ccc(Cl)cc4Cl)cc3)nn2)CC1. The van der Waals surface area contributed by atoms with E-state index in [2.05, 4.69) is 27.3 Å². The Morgan fingerprint density at radius 3 is 2.47 bits per heavy atom. The zero-order chi connectivity index (χ0) is 22.5. The molecule has 1 aliphatic heterocycles. The van der Waals surface area contributed by atoms with Crippen LogP contribution in [0.1, 0.15) is 19.8 Å². The summed E-state index contributed by atoms with van der Waals surface area (Å²) in [5.74, 6) is 1.82. The first-order valence-electron chi connectivity index (χ1n) is 10.5. The fourth-order valence-electron chi connectivity index (χ4n) is 3.54. The van der Waals surface area contributed by atoms with Crippen LogP contribution in [0.15, 0.2) is 54.6 Å². The Labute approximate surface area is 197 Å². The number of benzene rings is 2. The molecule has 2 heterocycles. The second kappa shape index (κ2) is 10.2. The van der Waals surface area contributed by atoms with Crippen molar-refractivity contribution < 1.29 is 9.53 Å². The molecule has 0 saturated carbocycles. The molecule has 2 aromatic carbocycles. The van der Waals surface area contributed by atoms with Gasteiger partial charge in [0.15, 0.2) is 12.4 Å². The van der Waals surface area contributed by atoms with E-state index in [1.54, 1.807) is 18.2 Å². The van der Waals surface area contributed by atoms with Crippen molar-refractivity contribution in [2.75, 3.05) is 29.9 Å². The molecule has 32 heavy (non-hydrogen) atoms. The number of piperidine rings is 1. The van der Waals surface area contributed by atoms with Gasteiger partial charge in [0.2, 0.25) is 0 Å². The molecule has 0 unspecified atom stereocenters. The molecule has 1 aliphatic rings. The van der Waals surface area contributed by atoms with Gasteiger partial charge in [-0.2, -0.15) is 0 Å². The quantitative estimate of drug-likeness (QED) is 0.499. The molecule has 1 N–H and O–H groups in total. The van der Waals surface area contributed by atoms with Crippen LogP contribution < -0.4 is 15.0 Å². The molecule has 8 heteroatoms. The van der Waals surface area contributed by atoms with Crippen molar-refractivity contribution >= 4 is 40.6 Å². The third kappa shape index (κ3) is 5.69. The van der Waals surface area contributed by atoms with Crippen LogP contribution in [0.25, 0.3) is 11.3 Å². The number of halogens is 2. The zero-order valence-electron chi connectivity index (χ0n) is 17.7. The first kappa shape index (κ1) is 22.4.